The number of hydrogen-bond donors (Lipinski definition) is 3. The van der Waals surface area contributed by atoms with Gasteiger partial charge in [-0.05, 0) is 60.9 Å². The molecule has 8 heteroatoms. The summed E-state index contributed by atoms with van der Waals surface area (Å²) >= 11 is 0. The molecule has 1 atom stereocenters. The molecule has 0 aromatic heterocycles. The number of carboxylic acid groups (broad SMARTS) is 1. The minimum Gasteiger partial charge on any atom is -0.490 e. The molecule has 0 saturated heterocycles. The van der Waals surface area contributed by atoms with Crippen molar-refractivity contribution < 1.29 is 29.3 Å². The Morgan fingerprint density at radius 3 is 2.53 bits per heavy atom. The number of hydrogen-bond acceptors (Lipinski definition) is 6. The number of aliphatic hydroxyl groups is 1. The number of aliphatic carboxylic acids is 1. The average Bonchev–Trinajstić information content (AvgIpc) is 2.82. The van der Waals surface area contributed by atoms with Gasteiger partial charge in [0.2, 0.25) is 0 Å². The van der Waals surface area contributed by atoms with Crippen LogP contribution in [0.4, 0.5) is 11.4 Å². The molecule has 1 amide bonds. The number of carbonyl (C=O) groups is 2. The van der Waals surface area contributed by atoms with E-state index in [2.05, 4.69) is 10.2 Å². The maximum absolute atomic E-state index is 13.2. The molecule has 0 unspecified atom stereocenters. The van der Waals surface area contributed by atoms with Gasteiger partial charge in [-0.25, -0.2) is 0 Å². The van der Waals surface area contributed by atoms with Crippen LogP contribution in [-0.4, -0.2) is 48.4 Å². The van der Waals surface area contributed by atoms with Crippen LogP contribution in [-0.2, 0) is 17.8 Å². The molecule has 3 aromatic rings. The number of carboxylic acids is 1. The van der Waals surface area contributed by atoms with Crippen LogP contribution < -0.4 is 19.7 Å². The highest BCUT2D eigenvalue weighted by Crippen LogP contribution is 2.32. The van der Waals surface area contributed by atoms with Crippen LogP contribution in [0, 0.1) is 13.8 Å². The zero-order valence-electron chi connectivity index (χ0n) is 20.6. The van der Waals surface area contributed by atoms with E-state index in [1.165, 1.54) is 0 Å². The zero-order valence-corrected chi connectivity index (χ0v) is 20.6. The van der Waals surface area contributed by atoms with Crippen molar-refractivity contribution in [2.24, 2.45) is 0 Å². The Morgan fingerprint density at radius 2 is 1.83 bits per heavy atom. The summed E-state index contributed by atoms with van der Waals surface area (Å²) in [6, 6.07) is 16.4. The molecule has 3 N–H and O–H groups in total. The Labute approximate surface area is 210 Å². The average molecular weight is 491 g/mol. The fraction of sp³-hybridized carbons (Fsp3) is 0.286. The summed E-state index contributed by atoms with van der Waals surface area (Å²) in [7, 11) is 2.02. The van der Waals surface area contributed by atoms with E-state index in [1.54, 1.807) is 18.2 Å². The molecule has 3 aromatic carbocycles. The topological polar surface area (TPSA) is 108 Å². The van der Waals surface area contributed by atoms with Crippen LogP contribution in [0.25, 0.3) is 0 Å². The molecule has 0 fully saturated rings. The van der Waals surface area contributed by atoms with E-state index in [9.17, 15) is 14.7 Å². The number of likely N-dealkylation sites (N-methyl/N-ethyl adjacent to an activating group) is 1. The summed E-state index contributed by atoms with van der Waals surface area (Å²) in [5.74, 6) is 0.161. The van der Waals surface area contributed by atoms with Gasteiger partial charge < -0.3 is 29.9 Å². The van der Waals surface area contributed by atoms with E-state index in [4.69, 9.17) is 14.6 Å². The second kappa shape index (κ2) is 10.7. The van der Waals surface area contributed by atoms with Crippen LogP contribution >= 0.6 is 0 Å². The normalized spacial score (nSPS) is 14.6. The molecule has 0 bridgehead atoms. The van der Waals surface area contributed by atoms with Crippen molar-refractivity contribution in [2.45, 2.75) is 33.0 Å². The highest BCUT2D eigenvalue weighted by atomic mass is 16.5. The van der Waals surface area contributed by atoms with E-state index in [0.717, 1.165) is 22.6 Å². The van der Waals surface area contributed by atoms with Crippen molar-refractivity contribution in [1.29, 1.82) is 0 Å². The quantitative estimate of drug-likeness (QED) is 0.439. The Bertz CT molecular complexity index is 1270. The van der Waals surface area contributed by atoms with Crippen LogP contribution in [0.2, 0.25) is 0 Å². The predicted molar refractivity (Wildman–Crippen MR) is 137 cm³/mol. The highest BCUT2D eigenvalue weighted by Gasteiger charge is 2.24. The van der Waals surface area contributed by atoms with Crippen molar-refractivity contribution in [1.82, 2.24) is 0 Å². The summed E-state index contributed by atoms with van der Waals surface area (Å²) in [6.07, 6.45) is -0.312. The molecular weight excluding hydrogens is 460 g/mol. The molecule has 8 nitrogen and oxygen atoms in total. The molecule has 36 heavy (non-hydrogen) atoms. The summed E-state index contributed by atoms with van der Waals surface area (Å²) in [5, 5.41) is 21.6. The number of nitrogens with one attached hydrogen (secondary N) is 1. The van der Waals surface area contributed by atoms with Gasteiger partial charge in [-0.2, -0.15) is 0 Å². The molecule has 0 spiro atoms. The summed E-state index contributed by atoms with van der Waals surface area (Å²) < 4.78 is 12.1. The second-order valence-electron chi connectivity index (χ2n) is 9.01. The smallest absolute Gasteiger partial charge is 0.307 e. The third-order valence-corrected chi connectivity index (χ3v) is 6.16. The van der Waals surface area contributed by atoms with Crippen molar-refractivity contribution in [3.63, 3.8) is 0 Å². The van der Waals surface area contributed by atoms with E-state index in [-0.39, 0.29) is 25.0 Å². The third kappa shape index (κ3) is 5.60. The van der Waals surface area contributed by atoms with E-state index in [1.807, 2.05) is 57.3 Å². The third-order valence-electron chi connectivity index (χ3n) is 6.16. The number of carbonyl (C=O) groups excluding carboxylic acids is 1. The molecule has 1 heterocycles. The largest absolute Gasteiger partial charge is 0.490 e. The minimum atomic E-state index is -0.971. The Kier molecular flexibility index (Phi) is 7.45. The number of fused-ring (bicyclic) bond motifs is 1. The van der Waals surface area contributed by atoms with Crippen molar-refractivity contribution in [2.75, 3.05) is 30.4 Å². The van der Waals surface area contributed by atoms with Crippen molar-refractivity contribution in [3.8, 4) is 11.5 Å². The Hall–Kier alpha value is -4.04. The number of rotatable bonds is 8. The lowest BCUT2D eigenvalue weighted by Crippen LogP contribution is -2.41. The number of ether oxygens (including phenoxy) is 2. The molecular formula is C28H30N2O6. The number of aryl methyl sites for hydroxylation is 2. The molecule has 0 aliphatic carbocycles. The van der Waals surface area contributed by atoms with Gasteiger partial charge in [-0.1, -0.05) is 24.3 Å². The van der Waals surface area contributed by atoms with Gasteiger partial charge in [0, 0.05) is 23.9 Å². The first-order valence-electron chi connectivity index (χ1n) is 11.7. The van der Waals surface area contributed by atoms with Gasteiger partial charge >= 0.3 is 5.97 Å². The van der Waals surface area contributed by atoms with Crippen molar-refractivity contribution in [3.05, 3.63) is 82.4 Å². The SMILES string of the molecule is Cc1cc(OC[C@@H]2CN(C)c3ccccc3O2)cc(C)c1C(=O)Nc1cc(CC(=O)O)ccc1CO. The summed E-state index contributed by atoms with van der Waals surface area (Å²) in [5.41, 5.74) is 4.45. The number of aliphatic hydroxyl groups excluding tert-OH is 1. The van der Waals surface area contributed by atoms with Crippen LogP contribution in [0.1, 0.15) is 32.6 Å². The predicted octanol–water partition coefficient (Wildman–Crippen LogP) is 3.95. The van der Waals surface area contributed by atoms with E-state index < -0.39 is 5.97 Å². The lowest BCUT2D eigenvalue weighted by Gasteiger charge is -2.33. The monoisotopic (exact) mass is 490 g/mol. The van der Waals surface area contributed by atoms with Crippen LogP contribution in [0.5, 0.6) is 11.5 Å². The standard InChI is InChI=1S/C28H30N2O6/c1-17-10-21(35-16-22-14-30(3)24-6-4-5-7-25(24)36-22)11-18(2)27(17)28(34)29-23-12-19(13-26(32)33)8-9-20(23)15-31/h4-12,22,31H,13-16H2,1-3H3,(H,29,34)(H,32,33)/t22-/m0/s1. The highest BCUT2D eigenvalue weighted by molar-refractivity contribution is 6.06. The number of nitrogens with zero attached hydrogens (tertiary/aromatic N) is 1. The Morgan fingerprint density at radius 1 is 1.11 bits per heavy atom. The molecule has 1 aliphatic heterocycles. The van der Waals surface area contributed by atoms with Gasteiger partial charge in [-0.3, -0.25) is 9.59 Å². The number of para-hydroxylation sites is 2. The van der Waals surface area contributed by atoms with Crippen LogP contribution in [0.3, 0.4) is 0 Å². The number of anilines is 2. The van der Waals surface area contributed by atoms with Gasteiger partial charge in [-0.15, -0.1) is 0 Å². The molecule has 4 rings (SSSR count). The molecule has 188 valence electrons. The lowest BCUT2D eigenvalue weighted by atomic mass is 10.0. The fourth-order valence-corrected chi connectivity index (χ4v) is 4.48. The first-order chi connectivity index (χ1) is 17.2. The zero-order chi connectivity index (χ0) is 25.8. The lowest BCUT2D eigenvalue weighted by molar-refractivity contribution is -0.136. The first-order valence-corrected chi connectivity index (χ1v) is 11.7. The summed E-state index contributed by atoms with van der Waals surface area (Å²) in [4.78, 5) is 26.4. The van der Waals surface area contributed by atoms with Gasteiger partial charge in [0.1, 0.15) is 24.2 Å². The second-order valence-corrected chi connectivity index (χ2v) is 9.01. The number of benzene rings is 3. The fourth-order valence-electron chi connectivity index (χ4n) is 4.48. The maximum atomic E-state index is 13.2. The summed E-state index contributed by atoms with van der Waals surface area (Å²) in [6.45, 7) is 4.45. The minimum absolute atomic E-state index is 0.136. The maximum Gasteiger partial charge on any atom is 0.307 e. The van der Waals surface area contributed by atoms with E-state index in [0.29, 0.717) is 41.3 Å². The molecule has 0 saturated carbocycles. The van der Waals surface area contributed by atoms with Crippen LogP contribution in [0.15, 0.2) is 54.6 Å². The first kappa shape index (κ1) is 25.1. The van der Waals surface area contributed by atoms with Crippen molar-refractivity contribution >= 4 is 23.3 Å². The molecule has 0 radical (unpaired) electrons. The van der Waals surface area contributed by atoms with Gasteiger partial charge in [0.15, 0.2) is 0 Å². The number of amides is 1. The van der Waals surface area contributed by atoms with E-state index >= 15 is 0 Å². The van der Waals surface area contributed by atoms with Gasteiger partial charge in [0.05, 0.1) is 25.3 Å². The molecule has 1 aliphatic rings. The Balaban J connectivity index is 1.46. The van der Waals surface area contributed by atoms with Gasteiger partial charge in [0.25, 0.3) is 5.91 Å².